The molecule has 2 aliphatic rings. The van der Waals surface area contributed by atoms with Gasteiger partial charge in [-0.2, -0.15) is 18.2 Å². The predicted molar refractivity (Wildman–Crippen MR) is 116 cm³/mol. The normalized spacial score (nSPS) is 18.4. The van der Waals surface area contributed by atoms with Gasteiger partial charge in [0.25, 0.3) is 5.91 Å². The molecule has 1 atom stereocenters. The molecule has 0 saturated carbocycles. The molecule has 1 fully saturated rings. The van der Waals surface area contributed by atoms with Crippen molar-refractivity contribution in [3.05, 3.63) is 56.7 Å². The average Bonchev–Trinajstić information content (AvgIpc) is 3.26. The van der Waals surface area contributed by atoms with Gasteiger partial charge in [0.1, 0.15) is 12.4 Å². The standard InChI is InChI=1S/C22H22ClF3N4O4/c23-14-5-2-1-4-13(14)7-8-16(31)29-9-3-6-15(29)19-27-20(33)18(32)17-21(34)28(10-11-30(17)19)12-22(24,25)26/h1-2,4-5,15,32H,3,6-12H2. The molecule has 1 aromatic carbocycles. The molecule has 12 heteroatoms. The van der Waals surface area contributed by atoms with E-state index in [1.54, 1.807) is 17.0 Å². The summed E-state index contributed by atoms with van der Waals surface area (Å²) in [6, 6.07) is 6.54. The Morgan fingerprint density at radius 1 is 1.18 bits per heavy atom. The van der Waals surface area contributed by atoms with Crippen LogP contribution in [0.2, 0.25) is 5.02 Å². The number of alkyl halides is 3. The summed E-state index contributed by atoms with van der Waals surface area (Å²) in [6.07, 6.45) is -2.96. The van der Waals surface area contributed by atoms with E-state index in [1.165, 1.54) is 4.57 Å². The lowest BCUT2D eigenvalue weighted by molar-refractivity contribution is -0.141. The number of halogens is 4. The number of carbonyl (C=O) groups is 2. The largest absolute Gasteiger partial charge is 0.501 e. The van der Waals surface area contributed by atoms with Gasteiger partial charge in [-0.1, -0.05) is 29.8 Å². The van der Waals surface area contributed by atoms with Crippen molar-refractivity contribution < 1.29 is 27.9 Å². The molecule has 0 aliphatic carbocycles. The molecule has 2 aromatic rings. The van der Waals surface area contributed by atoms with Crippen LogP contribution in [0.15, 0.2) is 29.1 Å². The second kappa shape index (κ2) is 9.28. The number of fused-ring (bicyclic) bond motifs is 1. The summed E-state index contributed by atoms with van der Waals surface area (Å²) < 4.78 is 39.9. The zero-order valence-corrected chi connectivity index (χ0v) is 18.8. The highest BCUT2D eigenvalue weighted by molar-refractivity contribution is 6.31. The van der Waals surface area contributed by atoms with Crippen molar-refractivity contribution in [2.45, 2.75) is 44.4 Å². The highest BCUT2D eigenvalue weighted by Gasteiger charge is 2.40. The number of nitrogens with zero attached hydrogens (tertiary/aromatic N) is 4. The Morgan fingerprint density at radius 3 is 2.62 bits per heavy atom. The molecule has 3 heterocycles. The minimum absolute atomic E-state index is 0.0918. The summed E-state index contributed by atoms with van der Waals surface area (Å²) >= 11 is 6.17. The van der Waals surface area contributed by atoms with Crippen molar-refractivity contribution in [2.75, 3.05) is 19.6 Å². The smallest absolute Gasteiger partial charge is 0.406 e. The Bertz CT molecular complexity index is 1180. The first kappa shape index (κ1) is 24.1. The molecule has 2 aliphatic heterocycles. The minimum Gasteiger partial charge on any atom is -0.501 e. The van der Waals surface area contributed by atoms with Crippen LogP contribution in [0.5, 0.6) is 5.75 Å². The van der Waals surface area contributed by atoms with Crippen molar-refractivity contribution in [1.29, 1.82) is 0 Å². The van der Waals surface area contributed by atoms with Crippen molar-refractivity contribution in [2.24, 2.45) is 0 Å². The molecule has 1 aromatic heterocycles. The number of hydrogen-bond acceptors (Lipinski definition) is 5. The van der Waals surface area contributed by atoms with Crippen LogP contribution < -0.4 is 5.56 Å². The highest BCUT2D eigenvalue weighted by atomic mass is 35.5. The van der Waals surface area contributed by atoms with Crippen molar-refractivity contribution in [3.8, 4) is 5.75 Å². The third kappa shape index (κ3) is 4.75. The monoisotopic (exact) mass is 498 g/mol. The third-order valence-electron chi connectivity index (χ3n) is 6.08. The molecular formula is C22H22ClF3N4O4. The second-order valence-corrected chi connectivity index (χ2v) is 8.71. The van der Waals surface area contributed by atoms with Crippen LogP contribution >= 0.6 is 11.6 Å². The van der Waals surface area contributed by atoms with Crippen molar-refractivity contribution in [1.82, 2.24) is 19.4 Å². The molecular weight excluding hydrogens is 477 g/mol. The Kier molecular flexibility index (Phi) is 6.57. The van der Waals surface area contributed by atoms with E-state index in [9.17, 15) is 32.7 Å². The highest BCUT2D eigenvalue weighted by Crippen LogP contribution is 2.34. The number of benzene rings is 1. The second-order valence-electron chi connectivity index (χ2n) is 8.30. The van der Waals surface area contributed by atoms with E-state index in [4.69, 9.17) is 11.6 Å². The number of carbonyl (C=O) groups excluding carboxylic acids is 2. The number of aromatic nitrogens is 2. The number of amides is 2. The Labute approximate surface area is 197 Å². The summed E-state index contributed by atoms with van der Waals surface area (Å²) in [5.74, 6) is -2.19. The maximum absolute atomic E-state index is 13.0. The zero-order chi connectivity index (χ0) is 24.6. The van der Waals surface area contributed by atoms with Gasteiger partial charge in [0.05, 0.1) is 6.04 Å². The minimum atomic E-state index is -4.63. The van der Waals surface area contributed by atoms with E-state index >= 15 is 0 Å². The predicted octanol–water partition coefficient (Wildman–Crippen LogP) is 2.92. The molecule has 1 N–H and O–H groups in total. The summed E-state index contributed by atoms with van der Waals surface area (Å²) in [6.45, 7) is -1.44. The molecule has 34 heavy (non-hydrogen) atoms. The first-order valence-electron chi connectivity index (χ1n) is 10.8. The topological polar surface area (TPSA) is 95.7 Å². The van der Waals surface area contributed by atoms with Crippen LogP contribution in [0.4, 0.5) is 13.2 Å². The average molecular weight is 499 g/mol. The van der Waals surface area contributed by atoms with Gasteiger partial charge in [-0.15, -0.1) is 0 Å². The SMILES string of the molecule is O=C1c2c(O)c(=O)nc(C3CCCN3C(=O)CCc3ccccc3Cl)n2CCN1CC(F)(F)F. The van der Waals surface area contributed by atoms with Crippen LogP contribution in [0.1, 0.15) is 47.2 Å². The molecule has 8 nitrogen and oxygen atoms in total. The molecule has 0 bridgehead atoms. The molecule has 182 valence electrons. The van der Waals surface area contributed by atoms with Gasteiger partial charge in [-0.05, 0) is 30.9 Å². The quantitative estimate of drug-likeness (QED) is 0.684. The van der Waals surface area contributed by atoms with E-state index in [0.29, 0.717) is 35.7 Å². The fraction of sp³-hybridized carbons (Fsp3) is 0.455. The maximum Gasteiger partial charge on any atom is 0.406 e. The van der Waals surface area contributed by atoms with Crippen molar-refractivity contribution in [3.63, 3.8) is 0 Å². The number of hydrogen-bond donors (Lipinski definition) is 1. The van der Waals surface area contributed by atoms with Crippen LogP contribution in [0.25, 0.3) is 0 Å². The van der Waals surface area contributed by atoms with E-state index in [2.05, 4.69) is 4.98 Å². The number of rotatable bonds is 5. The van der Waals surface area contributed by atoms with E-state index in [0.717, 1.165) is 5.56 Å². The summed E-state index contributed by atoms with van der Waals surface area (Å²) in [5, 5.41) is 10.7. The van der Waals surface area contributed by atoms with Gasteiger partial charge >= 0.3 is 11.7 Å². The van der Waals surface area contributed by atoms with E-state index < -0.39 is 41.7 Å². The van der Waals surface area contributed by atoms with Crippen LogP contribution in [0.3, 0.4) is 0 Å². The van der Waals surface area contributed by atoms with Crippen molar-refractivity contribution >= 4 is 23.4 Å². The Hall–Kier alpha value is -3.08. The molecule has 1 unspecified atom stereocenters. The van der Waals surface area contributed by atoms with Gasteiger partial charge in [0.15, 0.2) is 5.69 Å². The summed E-state index contributed by atoms with van der Waals surface area (Å²) in [5.41, 5.74) is -0.820. The zero-order valence-electron chi connectivity index (χ0n) is 18.0. The Morgan fingerprint density at radius 2 is 1.91 bits per heavy atom. The molecule has 0 spiro atoms. The van der Waals surface area contributed by atoms with Gasteiger partial charge in [-0.3, -0.25) is 14.4 Å². The van der Waals surface area contributed by atoms with E-state index in [-0.39, 0.29) is 31.2 Å². The van der Waals surface area contributed by atoms with E-state index in [1.807, 2.05) is 12.1 Å². The lowest BCUT2D eigenvalue weighted by Gasteiger charge is -2.34. The summed E-state index contributed by atoms with van der Waals surface area (Å²) in [4.78, 5) is 44.1. The van der Waals surface area contributed by atoms with Crippen LogP contribution in [-0.2, 0) is 17.8 Å². The molecule has 0 radical (unpaired) electrons. The number of aromatic hydroxyl groups is 1. The number of aryl methyl sites for hydroxylation is 1. The first-order chi connectivity index (χ1) is 16.1. The first-order valence-corrected chi connectivity index (χ1v) is 11.2. The van der Waals surface area contributed by atoms with Gasteiger partial charge in [0.2, 0.25) is 11.7 Å². The fourth-order valence-electron chi connectivity index (χ4n) is 4.52. The molecule has 1 saturated heterocycles. The lowest BCUT2D eigenvalue weighted by atomic mass is 10.1. The maximum atomic E-state index is 13.0. The number of likely N-dealkylation sites (tertiary alicyclic amines) is 1. The van der Waals surface area contributed by atoms with Gasteiger partial charge < -0.3 is 19.5 Å². The Balaban J connectivity index is 1.61. The van der Waals surface area contributed by atoms with Gasteiger partial charge in [0, 0.05) is 31.1 Å². The molecule has 2 amide bonds. The van der Waals surface area contributed by atoms with Gasteiger partial charge in [-0.25, -0.2) is 0 Å². The molecule has 4 rings (SSSR count). The van der Waals surface area contributed by atoms with Crippen LogP contribution in [-0.4, -0.2) is 62.1 Å². The third-order valence-corrected chi connectivity index (χ3v) is 6.45. The fourth-order valence-corrected chi connectivity index (χ4v) is 4.75. The summed E-state index contributed by atoms with van der Waals surface area (Å²) in [7, 11) is 0. The lowest BCUT2D eigenvalue weighted by Crippen LogP contribution is -2.47. The van der Waals surface area contributed by atoms with Crippen LogP contribution in [0, 0.1) is 0 Å².